The number of rotatable bonds is 71. The highest BCUT2D eigenvalue weighted by molar-refractivity contribution is 7.47. The fourth-order valence-corrected chi connectivity index (χ4v) is 12.6. The van der Waals surface area contributed by atoms with Gasteiger partial charge in [0.05, 0.1) is 26.4 Å². The lowest BCUT2D eigenvalue weighted by atomic mass is 9.99. The Hall–Kier alpha value is -1.94. The molecule has 546 valence electrons. The Bertz CT molecular complexity index is 1810. The largest absolute Gasteiger partial charge is 0.472 e. The van der Waals surface area contributed by atoms with Gasteiger partial charge in [-0.1, -0.05) is 318 Å². The van der Waals surface area contributed by atoms with Gasteiger partial charge in [0.1, 0.15) is 19.3 Å². The molecule has 0 aromatic rings. The second-order valence-electron chi connectivity index (χ2n) is 27.3. The van der Waals surface area contributed by atoms with Crippen LogP contribution < -0.4 is 0 Å². The average molecular weight is 1350 g/mol. The highest BCUT2D eigenvalue weighted by Gasteiger charge is 2.30. The smallest absolute Gasteiger partial charge is 0.462 e. The van der Waals surface area contributed by atoms with Crippen LogP contribution in [-0.2, 0) is 65.4 Å². The highest BCUT2D eigenvalue weighted by Crippen LogP contribution is 2.45. The molecule has 0 saturated heterocycles. The summed E-state index contributed by atoms with van der Waals surface area (Å²) in [5.74, 6) is 0.299. The molecular weight excluding hydrogens is 1210 g/mol. The van der Waals surface area contributed by atoms with Gasteiger partial charge in [0.15, 0.2) is 12.2 Å². The number of aliphatic hydroxyl groups excluding tert-OH is 1. The van der Waals surface area contributed by atoms with Gasteiger partial charge in [-0.2, -0.15) is 0 Å². The fraction of sp³-hybridized carbons (Fsp3) is 0.945. The number of unbranched alkanes of at least 4 members (excludes halogenated alkanes) is 37. The van der Waals surface area contributed by atoms with Gasteiger partial charge < -0.3 is 33.8 Å². The van der Waals surface area contributed by atoms with Crippen LogP contribution in [0.5, 0.6) is 0 Å². The van der Waals surface area contributed by atoms with Crippen LogP contribution in [0.15, 0.2) is 0 Å². The van der Waals surface area contributed by atoms with E-state index in [1.54, 1.807) is 0 Å². The van der Waals surface area contributed by atoms with Crippen molar-refractivity contribution in [1.29, 1.82) is 0 Å². The number of ether oxygens (including phenoxy) is 4. The second-order valence-corrected chi connectivity index (χ2v) is 30.2. The van der Waals surface area contributed by atoms with Crippen LogP contribution in [0.3, 0.4) is 0 Å². The van der Waals surface area contributed by atoms with Gasteiger partial charge in [-0.25, -0.2) is 9.13 Å². The van der Waals surface area contributed by atoms with Crippen molar-refractivity contribution in [2.75, 3.05) is 39.6 Å². The molecular formula is C73H142O17P2. The lowest BCUT2D eigenvalue weighted by Gasteiger charge is -2.21. The summed E-state index contributed by atoms with van der Waals surface area (Å²) < 4.78 is 68.2. The molecule has 0 fully saturated rings. The number of carbonyl (C=O) groups excluding carboxylic acids is 4. The molecule has 0 aliphatic rings. The zero-order chi connectivity index (χ0) is 68.0. The van der Waals surface area contributed by atoms with E-state index in [0.717, 1.165) is 114 Å². The number of phosphoric acid groups is 2. The molecule has 4 unspecified atom stereocenters. The van der Waals surface area contributed by atoms with Gasteiger partial charge >= 0.3 is 39.5 Å². The Morgan fingerprint density at radius 3 is 0.826 bits per heavy atom. The van der Waals surface area contributed by atoms with Crippen molar-refractivity contribution in [3.63, 3.8) is 0 Å². The molecule has 0 rings (SSSR count). The van der Waals surface area contributed by atoms with Crippen LogP contribution in [-0.4, -0.2) is 96.7 Å². The lowest BCUT2D eigenvalue weighted by Crippen LogP contribution is -2.30. The topological polar surface area (TPSA) is 237 Å². The first-order valence-electron chi connectivity index (χ1n) is 37.9. The van der Waals surface area contributed by atoms with E-state index in [2.05, 4.69) is 48.5 Å². The molecule has 0 radical (unpaired) electrons. The van der Waals surface area contributed by atoms with Crippen LogP contribution >= 0.6 is 15.6 Å². The van der Waals surface area contributed by atoms with Crippen molar-refractivity contribution in [1.82, 2.24) is 0 Å². The number of carbonyl (C=O) groups is 4. The Morgan fingerprint density at radius 1 is 0.315 bits per heavy atom. The van der Waals surface area contributed by atoms with E-state index in [1.165, 1.54) is 173 Å². The molecule has 19 heteroatoms. The summed E-state index contributed by atoms with van der Waals surface area (Å²) in [4.78, 5) is 72.4. The lowest BCUT2D eigenvalue weighted by molar-refractivity contribution is -0.161. The Morgan fingerprint density at radius 2 is 0.554 bits per heavy atom. The first-order valence-corrected chi connectivity index (χ1v) is 40.9. The average Bonchev–Trinajstić information content (AvgIpc) is 3.73. The van der Waals surface area contributed by atoms with Crippen molar-refractivity contribution in [2.24, 2.45) is 17.8 Å². The molecule has 0 aromatic carbocycles. The van der Waals surface area contributed by atoms with Crippen molar-refractivity contribution in [3.8, 4) is 0 Å². The molecule has 92 heavy (non-hydrogen) atoms. The normalized spacial score (nSPS) is 14.7. The molecule has 0 saturated carbocycles. The minimum absolute atomic E-state index is 0.105. The Balaban J connectivity index is 5.16. The third-order valence-corrected chi connectivity index (χ3v) is 19.5. The third-order valence-electron chi connectivity index (χ3n) is 17.6. The van der Waals surface area contributed by atoms with Gasteiger partial charge in [0, 0.05) is 25.7 Å². The van der Waals surface area contributed by atoms with Crippen molar-refractivity contribution < 1.29 is 80.2 Å². The summed E-state index contributed by atoms with van der Waals surface area (Å²) in [6.07, 6.45) is 48.8. The van der Waals surface area contributed by atoms with Crippen LogP contribution in [0.1, 0.15) is 370 Å². The van der Waals surface area contributed by atoms with Gasteiger partial charge in [0.25, 0.3) is 0 Å². The monoisotopic (exact) mass is 1350 g/mol. The first-order chi connectivity index (χ1) is 44.3. The fourth-order valence-electron chi connectivity index (χ4n) is 11.0. The van der Waals surface area contributed by atoms with E-state index in [0.29, 0.717) is 25.7 Å². The van der Waals surface area contributed by atoms with E-state index >= 15 is 0 Å². The van der Waals surface area contributed by atoms with Gasteiger partial charge in [0.2, 0.25) is 0 Å². The quantitative estimate of drug-likeness (QED) is 0.0222. The molecule has 0 bridgehead atoms. The summed E-state index contributed by atoms with van der Waals surface area (Å²) in [6, 6.07) is 0. The minimum Gasteiger partial charge on any atom is -0.462 e. The Kier molecular flexibility index (Phi) is 62.4. The SMILES string of the molecule is CCCCCCCC(=O)OC[C@H](COP(=O)(O)OC[C@H](O)COP(=O)(O)OC[C@@H](COC(=O)CCCCCCCCCCCCCCC(C)C)OC(=O)CCCCCCCCCCCCCCCCC(C)CC)OC(=O)CCCCCCCCCCCCC(C)CC. The van der Waals surface area contributed by atoms with Crippen LogP contribution in [0.4, 0.5) is 0 Å². The molecule has 17 nitrogen and oxygen atoms in total. The van der Waals surface area contributed by atoms with E-state index in [4.69, 9.17) is 37.0 Å². The third kappa shape index (κ3) is 64.1. The molecule has 3 N–H and O–H groups in total. The molecule has 7 atom stereocenters. The van der Waals surface area contributed by atoms with Gasteiger partial charge in [-0.05, 0) is 43.4 Å². The summed E-state index contributed by atoms with van der Waals surface area (Å²) in [5, 5.41) is 10.6. The van der Waals surface area contributed by atoms with E-state index in [1.807, 2.05) is 0 Å². The number of hydrogen-bond acceptors (Lipinski definition) is 15. The van der Waals surface area contributed by atoms with Crippen LogP contribution in [0, 0.1) is 17.8 Å². The number of hydrogen-bond donors (Lipinski definition) is 3. The van der Waals surface area contributed by atoms with Crippen LogP contribution in [0.25, 0.3) is 0 Å². The number of phosphoric ester groups is 2. The predicted molar refractivity (Wildman–Crippen MR) is 372 cm³/mol. The van der Waals surface area contributed by atoms with Crippen molar-refractivity contribution in [2.45, 2.75) is 388 Å². The van der Waals surface area contributed by atoms with Crippen LogP contribution in [0.2, 0.25) is 0 Å². The molecule has 0 amide bonds. The van der Waals surface area contributed by atoms with E-state index < -0.39 is 97.5 Å². The maximum Gasteiger partial charge on any atom is 0.472 e. The number of esters is 4. The summed E-state index contributed by atoms with van der Waals surface area (Å²) in [5.41, 5.74) is 0. The minimum atomic E-state index is -4.95. The van der Waals surface area contributed by atoms with Gasteiger partial charge in [-0.3, -0.25) is 37.3 Å². The van der Waals surface area contributed by atoms with E-state index in [9.17, 15) is 43.2 Å². The van der Waals surface area contributed by atoms with Crippen molar-refractivity contribution in [3.05, 3.63) is 0 Å². The number of aliphatic hydroxyl groups is 1. The zero-order valence-corrected chi connectivity index (χ0v) is 61.8. The zero-order valence-electron chi connectivity index (χ0n) is 60.0. The molecule has 0 spiro atoms. The maximum absolute atomic E-state index is 13.0. The molecule has 0 heterocycles. The standard InChI is InChI=1S/C73H142O17P2/c1-8-11-12-37-47-54-70(75)83-60-68(89-72(77)57-50-43-36-30-24-23-27-33-40-46-53-66(7)10-3)62-87-91(79,80)85-58-67(74)59-86-92(81,82)88-63-69(61-84-71(76)55-48-41-34-28-21-18-17-19-25-31-38-44-51-64(4)5)90-73(78)56-49-42-35-29-22-16-14-13-15-20-26-32-39-45-52-65(6)9-2/h64-69,74H,8-63H2,1-7H3,(H,79,80)(H,81,82)/t65?,66?,67-,68+,69+/m0/s1. The summed E-state index contributed by atoms with van der Waals surface area (Å²) in [6.45, 7) is 11.9. The second kappa shape index (κ2) is 63.8. The van der Waals surface area contributed by atoms with E-state index in [-0.39, 0.29) is 25.7 Å². The molecule has 0 aliphatic heterocycles. The summed E-state index contributed by atoms with van der Waals surface area (Å²) in [7, 11) is -9.90. The molecule has 0 aromatic heterocycles. The molecule has 0 aliphatic carbocycles. The highest BCUT2D eigenvalue weighted by atomic mass is 31.2. The first kappa shape index (κ1) is 90.1. The maximum atomic E-state index is 13.0. The Labute approximate surface area is 562 Å². The predicted octanol–water partition coefficient (Wildman–Crippen LogP) is 21.0. The summed E-state index contributed by atoms with van der Waals surface area (Å²) >= 11 is 0. The van der Waals surface area contributed by atoms with Crippen molar-refractivity contribution >= 4 is 39.5 Å². The van der Waals surface area contributed by atoms with Gasteiger partial charge in [-0.15, -0.1) is 0 Å².